The summed E-state index contributed by atoms with van der Waals surface area (Å²) in [7, 11) is 0. The maximum atomic E-state index is 4.01. The highest BCUT2D eigenvalue weighted by Crippen LogP contribution is 2.12. The molecular formula is C12H17N3. The first-order chi connectivity index (χ1) is 7.25. The molecule has 1 heterocycles. The summed E-state index contributed by atoms with van der Waals surface area (Å²) in [5, 5.41) is 11.6. The summed E-state index contributed by atoms with van der Waals surface area (Å²) in [4.78, 5) is 0. The van der Waals surface area contributed by atoms with Crippen molar-refractivity contribution < 1.29 is 0 Å². The Morgan fingerprint density at radius 2 is 2.27 bits per heavy atom. The SMILES string of the molecule is CC(C)CNCc1ccc2cn[nH]c2c1. The minimum atomic E-state index is 0.695. The van der Waals surface area contributed by atoms with Gasteiger partial charge in [0, 0.05) is 11.9 Å². The molecule has 1 aromatic carbocycles. The molecule has 0 aliphatic carbocycles. The van der Waals surface area contributed by atoms with Gasteiger partial charge in [0.1, 0.15) is 0 Å². The van der Waals surface area contributed by atoms with Gasteiger partial charge in [-0.25, -0.2) is 0 Å². The fourth-order valence-corrected chi connectivity index (χ4v) is 1.60. The first-order valence-electron chi connectivity index (χ1n) is 5.38. The van der Waals surface area contributed by atoms with E-state index in [9.17, 15) is 0 Å². The van der Waals surface area contributed by atoms with E-state index >= 15 is 0 Å². The molecule has 3 nitrogen and oxygen atoms in total. The molecule has 0 radical (unpaired) electrons. The van der Waals surface area contributed by atoms with Gasteiger partial charge >= 0.3 is 0 Å². The van der Waals surface area contributed by atoms with Gasteiger partial charge in [-0.3, -0.25) is 5.10 Å². The van der Waals surface area contributed by atoms with Crippen LogP contribution in [0, 0.1) is 5.92 Å². The van der Waals surface area contributed by atoms with Crippen molar-refractivity contribution in [2.45, 2.75) is 20.4 Å². The van der Waals surface area contributed by atoms with Crippen molar-refractivity contribution in [3.63, 3.8) is 0 Å². The number of rotatable bonds is 4. The quantitative estimate of drug-likeness (QED) is 0.800. The first kappa shape index (κ1) is 10.2. The summed E-state index contributed by atoms with van der Waals surface area (Å²) in [6.45, 7) is 6.41. The third kappa shape index (κ3) is 2.57. The van der Waals surface area contributed by atoms with E-state index in [0.717, 1.165) is 18.6 Å². The van der Waals surface area contributed by atoms with Crippen molar-refractivity contribution in [3.05, 3.63) is 30.0 Å². The summed E-state index contributed by atoms with van der Waals surface area (Å²) in [6, 6.07) is 6.39. The summed E-state index contributed by atoms with van der Waals surface area (Å²) in [5.41, 5.74) is 2.41. The lowest BCUT2D eigenvalue weighted by Gasteiger charge is -2.07. The van der Waals surface area contributed by atoms with Gasteiger partial charge in [0.25, 0.3) is 0 Å². The van der Waals surface area contributed by atoms with Crippen LogP contribution in [0.15, 0.2) is 24.4 Å². The molecule has 0 saturated heterocycles. The Morgan fingerprint density at radius 1 is 1.40 bits per heavy atom. The third-order valence-electron chi connectivity index (χ3n) is 2.39. The molecule has 15 heavy (non-hydrogen) atoms. The van der Waals surface area contributed by atoms with Crippen molar-refractivity contribution in [2.75, 3.05) is 6.54 Å². The Kier molecular flexibility index (Phi) is 3.02. The molecule has 0 aliphatic heterocycles. The second-order valence-corrected chi connectivity index (χ2v) is 4.32. The van der Waals surface area contributed by atoms with Crippen LogP contribution in [-0.4, -0.2) is 16.7 Å². The molecule has 0 unspecified atom stereocenters. The second kappa shape index (κ2) is 4.45. The number of benzene rings is 1. The van der Waals surface area contributed by atoms with Gasteiger partial charge in [-0.15, -0.1) is 0 Å². The summed E-state index contributed by atoms with van der Waals surface area (Å²) in [5.74, 6) is 0.695. The van der Waals surface area contributed by atoms with Crippen LogP contribution in [-0.2, 0) is 6.54 Å². The topological polar surface area (TPSA) is 40.7 Å². The molecule has 0 amide bonds. The monoisotopic (exact) mass is 203 g/mol. The fraction of sp³-hybridized carbons (Fsp3) is 0.417. The minimum absolute atomic E-state index is 0.695. The van der Waals surface area contributed by atoms with Gasteiger partial charge in [-0.1, -0.05) is 26.0 Å². The van der Waals surface area contributed by atoms with Gasteiger partial charge in [0.15, 0.2) is 0 Å². The van der Waals surface area contributed by atoms with E-state index in [1.165, 1.54) is 10.9 Å². The lowest BCUT2D eigenvalue weighted by Crippen LogP contribution is -2.18. The number of hydrogen-bond donors (Lipinski definition) is 2. The molecule has 0 fully saturated rings. The molecule has 0 spiro atoms. The Hall–Kier alpha value is -1.35. The number of fused-ring (bicyclic) bond motifs is 1. The molecule has 0 atom stereocenters. The Labute approximate surface area is 89.9 Å². The molecular weight excluding hydrogens is 186 g/mol. The molecule has 0 saturated carbocycles. The predicted octanol–water partition coefficient (Wildman–Crippen LogP) is 2.31. The van der Waals surface area contributed by atoms with Crippen molar-refractivity contribution >= 4 is 10.9 Å². The average Bonchev–Trinajstić information content (AvgIpc) is 2.64. The predicted molar refractivity (Wildman–Crippen MR) is 62.6 cm³/mol. The van der Waals surface area contributed by atoms with Crippen LogP contribution in [0.1, 0.15) is 19.4 Å². The molecule has 0 aliphatic rings. The smallest absolute Gasteiger partial charge is 0.0653 e. The van der Waals surface area contributed by atoms with Crippen LogP contribution in [0.2, 0.25) is 0 Å². The van der Waals surface area contributed by atoms with Gasteiger partial charge in [0.05, 0.1) is 11.7 Å². The van der Waals surface area contributed by atoms with Crippen molar-refractivity contribution in [1.82, 2.24) is 15.5 Å². The molecule has 0 bridgehead atoms. The number of H-pyrrole nitrogens is 1. The summed E-state index contributed by atoms with van der Waals surface area (Å²) in [6.07, 6.45) is 1.85. The van der Waals surface area contributed by atoms with E-state index in [2.05, 4.69) is 47.6 Å². The van der Waals surface area contributed by atoms with E-state index in [4.69, 9.17) is 0 Å². The second-order valence-electron chi connectivity index (χ2n) is 4.32. The van der Waals surface area contributed by atoms with E-state index in [0.29, 0.717) is 5.92 Å². The van der Waals surface area contributed by atoms with Crippen LogP contribution in [0.25, 0.3) is 10.9 Å². The summed E-state index contributed by atoms with van der Waals surface area (Å²) < 4.78 is 0. The van der Waals surface area contributed by atoms with E-state index in [1.807, 2.05) is 6.20 Å². The van der Waals surface area contributed by atoms with Crippen LogP contribution >= 0.6 is 0 Å². The molecule has 1 aromatic heterocycles. The Balaban J connectivity index is 2.02. The van der Waals surface area contributed by atoms with Gasteiger partial charge in [-0.2, -0.15) is 5.10 Å². The number of hydrogen-bond acceptors (Lipinski definition) is 2. The number of aromatic nitrogens is 2. The van der Waals surface area contributed by atoms with Crippen molar-refractivity contribution in [2.24, 2.45) is 5.92 Å². The van der Waals surface area contributed by atoms with E-state index in [-0.39, 0.29) is 0 Å². The van der Waals surface area contributed by atoms with Crippen LogP contribution < -0.4 is 5.32 Å². The van der Waals surface area contributed by atoms with E-state index in [1.54, 1.807) is 0 Å². The maximum Gasteiger partial charge on any atom is 0.0653 e. The highest BCUT2D eigenvalue weighted by Gasteiger charge is 1.98. The number of nitrogens with one attached hydrogen (secondary N) is 2. The maximum absolute atomic E-state index is 4.01. The molecule has 80 valence electrons. The lowest BCUT2D eigenvalue weighted by atomic mass is 10.1. The zero-order valence-electron chi connectivity index (χ0n) is 9.25. The minimum Gasteiger partial charge on any atom is -0.312 e. The summed E-state index contributed by atoms with van der Waals surface area (Å²) >= 11 is 0. The third-order valence-corrected chi connectivity index (χ3v) is 2.39. The normalized spacial score (nSPS) is 11.4. The average molecular weight is 203 g/mol. The van der Waals surface area contributed by atoms with Crippen LogP contribution in [0.4, 0.5) is 0 Å². The standard InChI is InChI=1S/C12H17N3/c1-9(2)6-13-7-10-3-4-11-8-14-15-12(11)5-10/h3-5,8-9,13H,6-7H2,1-2H3,(H,14,15). The Morgan fingerprint density at radius 3 is 3.07 bits per heavy atom. The lowest BCUT2D eigenvalue weighted by molar-refractivity contribution is 0.552. The molecule has 2 rings (SSSR count). The number of nitrogens with zero attached hydrogens (tertiary/aromatic N) is 1. The van der Waals surface area contributed by atoms with Crippen LogP contribution in [0.3, 0.4) is 0 Å². The zero-order valence-corrected chi connectivity index (χ0v) is 9.25. The van der Waals surface area contributed by atoms with Crippen molar-refractivity contribution in [1.29, 1.82) is 0 Å². The number of aromatic amines is 1. The van der Waals surface area contributed by atoms with Gasteiger partial charge in [0.2, 0.25) is 0 Å². The Bertz CT molecular complexity index is 431. The largest absolute Gasteiger partial charge is 0.312 e. The zero-order chi connectivity index (χ0) is 10.7. The van der Waals surface area contributed by atoms with Gasteiger partial charge < -0.3 is 5.32 Å². The molecule has 3 heteroatoms. The van der Waals surface area contributed by atoms with Gasteiger partial charge in [-0.05, 0) is 24.1 Å². The molecule has 2 aromatic rings. The van der Waals surface area contributed by atoms with E-state index < -0.39 is 0 Å². The highest BCUT2D eigenvalue weighted by molar-refractivity contribution is 5.78. The highest BCUT2D eigenvalue weighted by atomic mass is 15.1. The fourth-order valence-electron chi connectivity index (χ4n) is 1.60. The van der Waals surface area contributed by atoms with Crippen molar-refractivity contribution in [3.8, 4) is 0 Å². The first-order valence-corrected chi connectivity index (χ1v) is 5.38. The van der Waals surface area contributed by atoms with Crippen LogP contribution in [0.5, 0.6) is 0 Å². The molecule has 2 N–H and O–H groups in total.